The van der Waals surface area contributed by atoms with Gasteiger partial charge in [-0.3, -0.25) is 4.79 Å². The van der Waals surface area contributed by atoms with Crippen LogP contribution >= 0.6 is 0 Å². The summed E-state index contributed by atoms with van der Waals surface area (Å²) in [5.41, 5.74) is 6.40. The molecule has 4 nitrogen and oxygen atoms in total. The number of carbonyl (C=O) groups is 1. The molecule has 0 heterocycles. The number of nitrogens with zero attached hydrogens (tertiary/aromatic N) is 1. The molecule has 0 saturated heterocycles. The fraction of sp³-hybridized carbons (Fsp3) is 0.308. The van der Waals surface area contributed by atoms with Crippen molar-refractivity contribution in [1.82, 2.24) is 0 Å². The van der Waals surface area contributed by atoms with E-state index in [2.05, 4.69) is 5.92 Å². The van der Waals surface area contributed by atoms with E-state index in [0.717, 1.165) is 5.69 Å². The van der Waals surface area contributed by atoms with Crippen LogP contribution in [0.3, 0.4) is 0 Å². The standard InChI is InChI=1S/C13H16N2O2/c1-4-6-12(14)13(16)15(2)10-7-5-8-11(9-10)17-3/h1,5,7-9,12H,6,14H2,2-3H3. The number of anilines is 1. The number of hydrogen-bond donors (Lipinski definition) is 1. The van der Waals surface area contributed by atoms with Gasteiger partial charge in [-0.25, -0.2) is 0 Å². The number of amides is 1. The van der Waals surface area contributed by atoms with Crippen molar-refractivity contribution in [2.45, 2.75) is 12.5 Å². The Morgan fingerprint density at radius 2 is 2.35 bits per heavy atom. The van der Waals surface area contributed by atoms with Crippen LogP contribution in [0.15, 0.2) is 24.3 Å². The van der Waals surface area contributed by atoms with Crippen LogP contribution in [-0.2, 0) is 4.79 Å². The number of hydrogen-bond acceptors (Lipinski definition) is 3. The van der Waals surface area contributed by atoms with Crippen molar-refractivity contribution in [3.05, 3.63) is 24.3 Å². The Labute approximate surface area is 101 Å². The summed E-state index contributed by atoms with van der Waals surface area (Å²) in [5, 5.41) is 0. The summed E-state index contributed by atoms with van der Waals surface area (Å²) in [7, 11) is 3.23. The van der Waals surface area contributed by atoms with Gasteiger partial charge in [-0.2, -0.15) is 0 Å². The summed E-state index contributed by atoms with van der Waals surface area (Å²) in [4.78, 5) is 13.4. The monoisotopic (exact) mass is 232 g/mol. The van der Waals surface area contributed by atoms with Gasteiger partial charge >= 0.3 is 0 Å². The minimum Gasteiger partial charge on any atom is -0.497 e. The molecule has 90 valence electrons. The Morgan fingerprint density at radius 1 is 1.65 bits per heavy atom. The van der Waals surface area contributed by atoms with Crippen molar-refractivity contribution in [2.75, 3.05) is 19.1 Å². The Morgan fingerprint density at radius 3 is 2.94 bits per heavy atom. The van der Waals surface area contributed by atoms with Crippen molar-refractivity contribution in [3.63, 3.8) is 0 Å². The zero-order valence-electron chi connectivity index (χ0n) is 10.0. The zero-order valence-corrected chi connectivity index (χ0v) is 10.0. The number of ether oxygens (including phenoxy) is 1. The minimum absolute atomic E-state index is 0.212. The van der Waals surface area contributed by atoms with Crippen LogP contribution in [0.1, 0.15) is 6.42 Å². The van der Waals surface area contributed by atoms with Crippen molar-refractivity contribution in [3.8, 4) is 18.1 Å². The number of rotatable bonds is 4. The lowest BCUT2D eigenvalue weighted by molar-refractivity contribution is -0.119. The van der Waals surface area contributed by atoms with Crippen LogP contribution in [0.5, 0.6) is 5.75 Å². The summed E-state index contributed by atoms with van der Waals surface area (Å²) in [6.45, 7) is 0. The fourth-order valence-electron chi connectivity index (χ4n) is 1.41. The van der Waals surface area contributed by atoms with E-state index in [9.17, 15) is 4.79 Å². The molecule has 0 fully saturated rings. The summed E-state index contributed by atoms with van der Waals surface area (Å²) in [6.07, 6.45) is 5.36. The third-order valence-corrected chi connectivity index (χ3v) is 2.43. The Bertz CT molecular complexity index is 437. The molecule has 1 unspecified atom stereocenters. The molecule has 0 saturated carbocycles. The number of methoxy groups -OCH3 is 1. The average Bonchev–Trinajstić information content (AvgIpc) is 2.37. The number of likely N-dealkylation sites (N-methyl/N-ethyl adjacent to an activating group) is 1. The Balaban J connectivity index is 2.85. The molecule has 0 spiro atoms. The summed E-state index contributed by atoms with van der Waals surface area (Å²) < 4.78 is 5.09. The minimum atomic E-state index is -0.670. The Hall–Kier alpha value is -1.99. The van der Waals surface area contributed by atoms with E-state index < -0.39 is 6.04 Å². The molecular weight excluding hydrogens is 216 g/mol. The summed E-state index contributed by atoms with van der Waals surface area (Å²) in [5.74, 6) is 2.86. The third-order valence-electron chi connectivity index (χ3n) is 2.43. The molecule has 2 N–H and O–H groups in total. The topological polar surface area (TPSA) is 55.6 Å². The second kappa shape index (κ2) is 5.92. The lowest BCUT2D eigenvalue weighted by atomic mass is 10.2. The van der Waals surface area contributed by atoms with E-state index >= 15 is 0 Å². The van der Waals surface area contributed by atoms with Crippen molar-refractivity contribution in [1.29, 1.82) is 0 Å². The molecule has 17 heavy (non-hydrogen) atoms. The largest absolute Gasteiger partial charge is 0.497 e. The van der Waals surface area contributed by atoms with E-state index in [1.807, 2.05) is 18.2 Å². The highest BCUT2D eigenvalue weighted by molar-refractivity contribution is 5.96. The van der Waals surface area contributed by atoms with Crippen LogP contribution in [0.25, 0.3) is 0 Å². The van der Waals surface area contributed by atoms with Gasteiger partial charge in [0.2, 0.25) is 5.91 Å². The molecule has 1 amide bonds. The van der Waals surface area contributed by atoms with E-state index in [1.54, 1.807) is 20.2 Å². The SMILES string of the molecule is C#CCC(N)C(=O)N(C)c1cccc(OC)c1. The third kappa shape index (κ3) is 3.23. The predicted molar refractivity (Wildman–Crippen MR) is 67.8 cm³/mol. The molecule has 1 atom stereocenters. The highest BCUT2D eigenvalue weighted by atomic mass is 16.5. The second-order valence-electron chi connectivity index (χ2n) is 3.61. The maximum atomic E-state index is 11.9. The maximum absolute atomic E-state index is 11.9. The summed E-state index contributed by atoms with van der Waals surface area (Å²) >= 11 is 0. The van der Waals surface area contributed by atoms with Gasteiger partial charge in [-0.05, 0) is 12.1 Å². The van der Waals surface area contributed by atoms with E-state index in [-0.39, 0.29) is 12.3 Å². The molecule has 1 rings (SSSR count). The first-order chi connectivity index (χ1) is 8.10. The molecular formula is C13H16N2O2. The van der Waals surface area contributed by atoms with Gasteiger partial charge in [0, 0.05) is 25.2 Å². The average molecular weight is 232 g/mol. The lowest BCUT2D eigenvalue weighted by Crippen LogP contribution is -2.41. The van der Waals surface area contributed by atoms with Gasteiger partial charge in [-0.1, -0.05) is 6.07 Å². The first kappa shape index (κ1) is 13.1. The predicted octanol–water partition coefficient (Wildman–Crippen LogP) is 1.01. The van der Waals surface area contributed by atoms with Crippen LogP contribution in [0.2, 0.25) is 0 Å². The van der Waals surface area contributed by atoms with Gasteiger partial charge < -0.3 is 15.4 Å². The van der Waals surface area contributed by atoms with Gasteiger partial charge in [0.25, 0.3) is 0 Å². The number of terminal acetylenes is 1. The molecule has 0 aliphatic heterocycles. The molecule has 0 aliphatic rings. The molecule has 0 radical (unpaired) electrons. The second-order valence-corrected chi connectivity index (χ2v) is 3.61. The van der Waals surface area contributed by atoms with Crippen molar-refractivity contribution >= 4 is 11.6 Å². The van der Waals surface area contributed by atoms with Crippen molar-refractivity contribution < 1.29 is 9.53 Å². The van der Waals surface area contributed by atoms with Gasteiger partial charge in [-0.15, -0.1) is 12.3 Å². The molecule has 1 aromatic carbocycles. The molecule has 4 heteroatoms. The molecule has 0 aliphatic carbocycles. The molecule has 0 aromatic heterocycles. The highest BCUT2D eigenvalue weighted by Crippen LogP contribution is 2.20. The first-order valence-corrected chi connectivity index (χ1v) is 5.20. The van der Waals surface area contributed by atoms with E-state index in [4.69, 9.17) is 16.9 Å². The molecule has 0 bridgehead atoms. The maximum Gasteiger partial charge on any atom is 0.244 e. The first-order valence-electron chi connectivity index (χ1n) is 5.20. The number of nitrogens with two attached hydrogens (primary N) is 1. The van der Waals surface area contributed by atoms with Gasteiger partial charge in [0.15, 0.2) is 0 Å². The molecule has 1 aromatic rings. The lowest BCUT2D eigenvalue weighted by Gasteiger charge is -2.20. The van der Waals surface area contributed by atoms with Crippen LogP contribution in [0.4, 0.5) is 5.69 Å². The summed E-state index contributed by atoms with van der Waals surface area (Å²) in [6, 6.07) is 6.52. The van der Waals surface area contributed by atoms with Crippen LogP contribution in [-0.4, -0.2) is 26.1 Å². The van der Waals surface area contributed by atoms with Gasteiger partial charge in [0.1, 0.15) is 5.75 Å². The van der Waals surface area contributed by atoms with E-state index in [0.29, 0.717) is 5.75 Å². The van der Waals surface area contributed by atoms with Crippen LogP contribution < -0.4 is 15.4 Å². The normalized spacial score (nSPS) is 11.4. The smallest absolute Gasteiger partial charge is 0.244 e. The van der Waals surface area contributed by atoms with Gasteiger partial charge in [0.05, 0.1) is 13.2 Å². The highest BCUT2D eigenvalue weighted by Gasteiger charge is 2.18. The van der Waals surface area contributed by atoms with E-state index in [1.165, 1.54) is 4.90 Å². The Kier molecular flexibility index (Phi) is 4.56. The quantitative estimate of drug-likeness (QED) is 0.788. The number of benzene rings is 1. The fourth-order valence-corrected chi connectivity index (χ4v) is 1.41. The van der Waals surface area contributed by atoms with Crippen molar-refractivity contribution in [2.24, 2.45) is 5.73 Å². The number of carbonyl (C=O) groups excluding carboxylic acids is 1. The van der Waals surface area contributed by atoms with Crippen LogP contribution in [0, 0.1) is 12.3 Å². The zero-order chi connectivity index (χ0) is 12.8.